The van der Waals surface area contributed by atoms with Crippen LogP contribution < -0.4 is 20.9 Å². The van der Waals surface area contributed by atoms with E-state index in [4.69, 9.17) is 5.73 Å². The van der Waals surface area contributed by atoms with Gasteiger partial charge in [0, 0.05) is 30.8 Å². The number of carbonyl (C=O) groups is 1. The zero-order chi connectivity index (χ0) is 22.4. The SMILES string of the molecule is N#Cc1c(N)cccc1N1CCC2=C(SC(c3ccc(N4CCC(F)C4)nc3F)N2)C1=O. The molecule has 32 heavy (non-hydrogen) atoms. The molecule has 2 unspecified atom stereocenters. The topological polar surface area (TPSA) is 98.3 Å². The third-order valence-corrected chi connectivity index (χ3v) is 7.18. The van der Waals surface area contributed by atoms with Crippen molar-refractivity contribution in [2.75, 3.05) is 35.2 Å². The van der Waals surface area contributed by atoms with Crippen LogP contribution in [0.4, 0.5) is 26.0 Å². The first-order chi connectivity index (χ1) is 15.5. The minimum absolute atomic E-state index is 0.219. The number of carbonyl (C=O) groups excluding carboxylic acids is 1. The van der Waals surface area contributed by atoms with E-state index in [1.165, 1.54) is 11.8 Å². The molecule has 3 N–H and O–H groups in total. The summed E-state index contributed by atoms with van der Waals surface area (Å²) in [6, 6.07) is 10.4. The summed E-state index contributed by atoms with van der Waals surface area (Å²) >= 11 is 1.23. The van der Waals surface area contributed by atoms with E-state index in [0.29, 0.717) is 53.6 Å². The Morgan fingerprint density at radius 1 is 1.28 bits per heavy atom. The fraction of sp³-hybridized carbons (Fsp3) is 0.318. The highest BCUT2D eigenvalue weighted by Crippen LogP contribution is 2.45. The van der Waals surface area contributed by atoms with Crippen LogP contribution in [0.3, 0.4) is 0 Å². The number of pyridine rings is 1. The maximum absolute atomic E-state index is 14.9. The lowest BCUT2D eigenvalue weighted by molar-refractivity contribution is -0.114. The molecular weight excluding hydrogens is 434 g/mol. The van der Waals surface area contributed by atoms with Crippen molar-refractivity contribution < 1.29 is 13.6 Å². The molecule has 1 saturated heterocycles. The second-order valence-corrected chi connectivity index (χ2v) is 9.01. The smallest absolute Gasteiger partial charge is 0.266 e. The standard InChI is InChI=1S/C22H20F2N6OS/c23-12-6-8-29(11-12)18-5-4-13(20(24)28-18)21-27-16-7-9-30(22(31)19(16)32-21)17-3-1-2-15(26)14(17)10-25/h1-5,12,21,27H,6-9,11,26H2. The van der Waals surface area contributed by atoms with Gasteiger partial charge >= 0.3 is 0 Å². The highest BCUT2D eigenvalue weighted by molar-refractivity contribution is 8.04. The number of halogens is 2. The average molecular weight is 455 g/mol. The van der Waals surface area contributed by atoms with Gasteiger partial charge in [-0.25, -0.2) is 9.37 Å². The molecule has 2 atom stereocenters. The Morgan fingerprint density at radius 3 is 2.84 bits per heavy atom. The van der Waals surface area contributed by atoms with Crippen molar-refractivity contribution in [1.82, 2.24) is 10.3 Å². The van der Waals surface area contributed by atoms with Gasteiger partial charge in [0.2, 0.25) is 5.95 Å². The molecule has 0 radical (unpaired) electrons. The van der Waals surface area contributed by atoms with Gasteiger partial charge in [0.1, 0.15) is 23.4 Å². The van der Waals surface area contributed by atoms with E-state index in [1.807, 2.05) is 0 Å². The molecule has 164 valence electrons. The van der Waals surface area contributed by atoms with Crippen molar-refractivity contribution in [2.45, 2.75) is 24.4 Å². The van der Waals surface area contributed by atoms with E-state index >= 15 is 0 Å². The van der Waals surface area contributed by atoms with Crippen LogP contribution in [-0.4, -0.2) is 36.7 Å². The Hall–Kier alpha value is -3.32. The van der Waals surface area contributed by atoms with Crippen LogP contribution in [0.1, 0.15) is 29.3 Å². The number of benzene rings is 1. The monoisotopic (exact) mass is 454 g/mol. The van der Waals surface area contributed by atoms with Crippen LogP contribution in [0.25, 0.3) is 0 Å². The van der Waals surface area contributed by atoms with Gasteiger partial charge in [0.05, 0.1) is 28.4 Å². The maximum atomic E-state index is 14.9. The van der Waals surface area contributed by atoms with Crippen LogP contribution in [0.15, 0.2) is 40.9 Å². The lowest BCUT2D eigenvalue weighted by Crippen LogP contribution is -2.37. The summed E-state index contributed by atoms with van der Waals surface area (Å²) in [7, 11) is 0. The van der Waals surface area contributed by atoms with Gasteiger partial charge in [-0.2, -0.15) is 9.65 Å². The van der Waals surface area contributed by atoms with E-state index in [9.17, 15) is 18.8 Å². The molecule has 0 saturated carbocycles. The van der Waals surface area contributed by atoms with Crippen molar-refractivity contribution in [3.63, 3.8) is 0 Å². The molecule has 3 aliphatic rings. The minimum Gasteiger partial charge on any atom is -0.398 e. The Labute approximate surface area is 187 Å². The summed E-state index contributed by atoms with van der Waals surface area (Å²) in [5, 5.41) is 12.2. The van der Waals surface area contributed by atoms with Crippen molar-refractivity contribution in [2.24, 2.45) is 0 Å². The molecule has 1 aromatic carbocycles. The Kier molecular flexibility index (Phi) is 5.13. The Bertz CT molecular complexity index is 1180. The number of hydrogen-bond acceptors (Lipinski definition) is 7. The first kappa shape index (κ1) is 20.6. The van der Waals surface area contributed by atoms with Gasteiger partial charge in [0.15, 0.2) is 0 Å². The van der Waals surface area contributed by atoms with Crippen LogP contribution in [-0.2, 0) is 4.79 Å². The van der Waals surface area contributed by atoms with E-state index in [2.05, 4.69) is 16.4 Å². The fourth-order valence-electron chi connectivity index (χ4n) is 4.26. The summed E-state index contributed by atoms with van der Waals surface area (Å²) in [5.74, 6) is -0.467. The van der Waals surface area contributed by atoms with Crippen LogP contribution in [0.5, 0.6) is 0 Å². The molecule has 3 aliphatic heterocycles. The van der Waals surface area contributed by atoms with Crippen LogP contribution in [0, 0.1) is 17.3 Å². The van der Waals surface area contributed by atoms with E-state index in [1.54, 1.807) is 40.1 Å². The predicted molar refractivity (Wildman–Crippen MR) is 119 cm³/mol. The lowest BCUT2D eigenvalue weighted by atomic mass is 10.1. The molecule has 0 bridgehead atoms. The van der Waals surface area contributed by atoms with Crippen molar-refractivity contribution in [3.8, 4) is 6.07 Å². The summed E-state index contributed by atoms with van der Waals surface area (Å²) in [6.45, 7) is 1.12. The number of alkyl halides is 1. The van der Waals surface area contributed by atoms with E-state index in [0.717, 1.165) is 5.70 Å². The number of nitrogens with two attached hydrogens (primary N) is 1. The van der Waals surface area contributed by atoms with Gasteiger partial charge in [-0.1, -0.05) is 17.8 Å². The number of aromatic nitrogens is 1. The van der Waals surface area contributed by atoms with Crippen molar-refractivity contribution in [1.29, 1.82) is 5.26 Å². The summed E-state index contributed by atoms with van der Waals surface area (Å²) < 4.78 is 28.3. The molecule has 1 amide bonds. The molecule has 0 spiro atoms. The first-order valence-electron chi connectivity index (χ1n) is 10.3. The van der Waals surface area contributed by atoms with Gasteiger partial charge in [0.25, 0.3) is 5.91 Å². The first-order valence-corrected chi connectivity index (χ1v) is 11.2. The van der Waals surface area contributed by atoms with Gasteiger partial charge in [-0.3, -0.25) is 4.79 Å². The second kappa shape index (κ2) is 7.98. The highest BCUT2D eigenvalue weighted by Gasteiger charge is 2.38. The molecule has 1 fully saturated rings. The molecular formula is C22H20F2N6OS. The van der Waals surface area contributed by atoms with Crippen LogP contribution in [0.2, 0.25) is 0 Å². The molecule has 7 nitrogen and oxygen atoms in total. The maximum Gasteiger partial charge on any atom is 0.266 e. The number of nitrogens with zero attached hydrogens (tertiary/aromatic N) is 4. The van der Waals surface area contributed by atoms with Gasteiger partial charge in [-0.05, 0) is 30.7 Å². The van der Waals surface area contributed by atoms with Crippen LogP contribution >= 0.6 is 11.8 Å². The van der Waals surface area contributed by atoms with Crippen molar-refractivity contribution >= 4 is 34.9 Å². The lowest BCUT2D eigenvalue weighted by Gasteiger charge is -2.28. The summed E-state index contributed by atoms with van der Waals surface area (Å²) in [5.41, 5.74) is 8.06. The molecule has 0 aliphatic carbocycles. The number of nitriles is 1. The molecule has 4 heterocycles. The summed E-state index contributed by atoms with van der Waals surface area (Å²) in [4.78, 5) is 21.0. The second-order valence-electron chi connectivity index (χ2n) is 7.89. The molecule has 5 rings (SSSR count). The molecule has 2 aromatic rings. The quantitative estimate of drug-likeness (QED) is 0.543. The number of amides is 1. The number of anilines is 3. The number of rotatable bonds is 3. The molecule has 10 heteroatoms. The number of hydrogen-bond donors (Lipinski definition) is 2. The number of thioether (sulfide) groups is 1. The van der Waals surface area contributed by atoms with Crippen molar-refractivity contribution in [3.05, 3.63) is 58.0 Å². The predicted octanol–water partition coefficient (Wildman–Crippen LogP) is 3.21. The summed E-state index contributed by atoms with van der Waals surface area (Å²) in [6.07, 6.45) is 0.0437. The van der Waals surface area contributed by atoms with E-state index in [-0.39, 0.29) is 18.0 Å². The Balaban J connectivity index is 1.36. The largest absolute Gasteiger partial charge is 0.398 e. The van der Waals surface area contributed by atoms with E-state index < -0.39 is 17.5 Å². The Morgan fingerprint density at radius 2 is 2.12 bits per heavy atom. The zero-order valence-corrected chi connectivity index (χ0v) is 17.8. The highest BCUT2D eigenvalue weighted by atomic mass is 32.2. The van der Waals surface area contributed by atoms with Gasteiger partial charge < -0.3 is 20.9 Å². The number of nitrogen functional groups attached to an aromatic ring is 1. The minimum atomic E-state index is -0.919. The average Bonchev–Trinajstić information content (AvgIpc) is 3.40. The molecule has 1 aromatic heterocycles. The third-order valence-electron chi connectivity index (χ3n) is 5.92. The number of nitrogens with one attached hydrogen (secondary N) is 1. The normalized spacial score (nSPS) is 22.7. The third kappa shape index (κ3) is 3.42. The van der Waals surface area contributed by atoms with Gasteiger partial charge in [-0.15, -0.1) is 0 Å². The fourth-order valence-corrected chi connectivity index (χ4v) is 5.52. The zero-order valence-electron chi connectivity index (χ0n) is 17.0.